The van der Waals surface area contributed by atoms with E-state index in [1.165, 1.54) is 6.42 Å². The molecule has 0 saturated carbocycles. The molecule has 2 aliphatic rings. The van der Waals surface area contributed by atoms with Crippen LogP contribution in [0.4, 0.5) is 5.69 Å². The minimum atomic E-state index is -0.773. The van der Waals surface area contributed by atoms with E-state index in [2.05, 4.69) is 31.8 Å². The number of nitrogens with one attached hydrogen (secondary N) is 2. The number of hydrazone groups is 1. The second-order valence-electron chi connectivity index (χ2n) is 4.94. The molecule has 0 aromatic heterocycles. The molecule has 1 aromatic rings. The molecule has 2 aliphatic heterocycles. The topological polar surface area (TPSA) is 59.9 Å². The van der Waals surface area contributed by atoms with Crippen LogP contribution >= 0.6 is 28.3 Å². The molecule has 0 radical (unpaired) electrons. The van der Waals surface area contributed by atoms with Crippen molar-refractivity contribution in [3.63, 3.8) is 0 Å². The van der Waals surface area contributed by atoms with E-state index in [1.54, 1.807) is 0 Å². The Morgan fingerprint density at radius 2 is 2.10 bits per heavy atom. The highest BCUT2D eigenvalue weighted by atomic mass is 79.9. The average Bonchev–Trinajstić information content (AvgIpc) is 3.02. The maximum Gasteiger partial charge on any atom is 0.225 e. The second kappa shape index (κ2) is 6.76. The summed E-state index contributed by atoms with van der Waals surface area (Å²) in [6.45, 7) is 2.11. The summed E-state index contributed by atoms with van der Waals surface area (Å²) in [5, 5.41) is 17.6. The van der Waals surface area contributed by atoms with Crippen LogP contribution in [0.5, 0.6) is 0 Å². The first kappa shape index (κ1) is 15.6. The minimum Gasteiger partial charge on any atom is -0.355 e. The zero-order valence-electron chi connectivity index (χ0n) is 10.9. The summed E-state index contributed by atoms with van der Waals surface area (Å²) in [7, 11) is 0. The Bertz CT molecular complexity index is 476. The van der Waals surface area contributed by atoms with Gasteiger partial charge in [-0.1, -0.05) is 15.9 Å². The lowest BCUT2D eigenvalue weighted by Gasteiger charge is -2.24. The lowest BCUT2D eigenvalue weighted by atomic mass is 10.0. The summed E-state index contributed by atoms with van der Waals surface area (Å²) in [5.41, 5.74) is 3.69. The van der Waals surface area contributed by atoms with Crippen molar-refractivity contribution in [1.82, 2.24) is 10.7 Å². The van der Waals surface area contributed by atoms with Crippen molar-refractivity contribution in [2.24, 2.45) is 11.0 Å². The summed E-state index contributed by atoms with van der Waals surface area (Å²) in [4.78, 5) is 1.85. The Labute approximate surface area is 133 Å². The third kappa shape index (κ3) is 3.25. The first-order chi connectivity index (χ1) is 9.24. The van der Waals surface area contributed by atoms with Gasteiger partial charge in [0.1, 0.15) is 5.84 Å². The molecule has 110 valence electrons. The molecule has 7 heteroatoms. The van der Waals surface area contributed by atoms with E-state index < -0.39 is 6.35 Å². The molecule has 0 aliphatic carbocycles. The first-order valence-corrected chi connectivity index (χ1v) is 7.29. The number of anilines is 1. The Kier molecular flexibility index (Phi) is 5.26. The lowest BCUT2D eigenvalue weighted by molar-refractivity contribution is 0.159. The van der Waals surface area contributed by atoms with Gasteiger partial charge in [0.2, 0.25) is 6.35 Å². The molecular formula is C13H18BrClN4O. The minimum absolute atomic E-state index is 0. The molecule has 0 amide bonds. The van der Waals surface area contributed by atoms with Crippen molar-refractivity contribution in [2.45, 2.75) is 19.2 Å². The predicted octanol–water partition coefficient (Wildman–Crippen LogP) is 1.87. The highest BCUT2D eigenvalue weighted by Crippen LogP contribution is 2.25. The van der Waals surface area contributed by atoms with E-state index in [-0.39, 0.29) is 12.4 Å². The van der Waals surface area contributed by atoms with Crippen LogP contribution < -0.4 is 15.6 Å². The van der Waals surface area contributed by atoms with E-state index in [1.807, 2.05) is 29.2 Å². The predicted molar refractivity (Wildman–Crippen MR) is 86.0 cm³/mol. The molecule has 2 atom stereocenters. The molecule has 1 unspecified atom stereocenters. The third-order valence-corrected chi connectivity index (χ3v) is 4.10. The summed E-state index contributed by atoms with van der Waals surface area (Å²) >= 11 is 3.42. The van der Waals surface area contributed by atoms with Crippen LogP contribution in [0.3, 0.4) is 0 Å². The van der Waals surface area contributed by atoms with Gasteiger partial charge in [-0.05, 0) is 49.7 Å². The van der Waals surface area contributed by atoms with Gasteiger partial charge in [0.05, 0.1) is 0 Å². The van der Waals surface area contributed by atoms with Crippen LogP contribution in [-0.4, -0.2) is 30.4 Å². The number of hydrogen-bond acceptors (Lipinski definition) is 5. The van der Waals surface area contributed by atoms with E-state index >= 15 is 0 Å². The van der Waals surface area contributed by atoms with Gasteiger partial charge in [0.25, 0.3) is 0 Å². The third-order valence-electron chi connectivity index (χ3n) is 3.57. The number of benzene rings is 1. The first-order valence-electron chi connectivity index (χ1n) is 6.50. The van der Waals surface area contributed by atoms with E-state index in [9.17, 15) is 5.11 Å². The largest absolute Gasteiger partial charge is 0.355 e. The standard InChI is InChI=1S/C13H17BrN4O.ClH/c14-10-1-3-11(4-2-10)18-12(16-17-13(18)19)7-9-5-6-15-8-9;/h1-4,9,13,15,17,19H,5-8H2;1H/t9-,13?;/m0./s1. The summed E-state index contributed by atoms with van der Waals surface area (Å²) in [6, 6.07) is 7.88. The molecule has 1 aromatic carbocycles. The van der Waals surface area contributed by atoms with Crippen molar-refractivity contribution in [1.29, 1.82) is 0 Å². The van der Waals surface area contributed by atoms with Crippen molar-refractivity contribution < 1.29 is 5.11 Å². The molecule has 1 fully saturated rings. The fourth-order valence-electron chi connectivity index (χ4n) is 2.57. The number of nitrogens with zero attached hydrogens (tertiary/aromatic N) is 2. The molecule has 2 heterocycles. The van der Waals surface area contributed by atoms with Gasteiger partial charge in [0.15, 0.2) is 0 Å². The van der Waals surface area contributed by atoms with Crippen molar-refractivity contribution in [3.8, 4) is 0 Å². The van der Waals surface area contributed by atoms with Gasteiger partial charge in [0, 0.05) is 16.6 Å². The number of amidine groups is 1. The maximum absolute atomic E-state index is 10.0. The number of halogens is 2. The van der Waals surface area contributed by atoms with Crippen LogP contribution in [0.2, 0.25) is 0 Å². The number of hydrogen-bond donors (Lipinski definition) is 3. The second-order valence-corrected chi connectivity index (χ2v) is 5.86. The molecule has 3 N–H and O–H groups in total. The highest BCUT2D eigenvalue weighted by Gasteiger charge is 2.29. The van der Waals surface area contributed by atoms with Gasteiger partial charge in [-0.15, -0.1) is 12.4 Å². The SMILES string of the molecule is Cl.OC1NN=C(C[C@@H]2CCNC2)N1c1ccc(Br)cc1. The Hall–Kier alpha value is -0.820. The molecule has 0 spiro atoms. The fraction of sp³-hybridized carbons (Fsp3) is 0.462. The van der Waals surface area contributed by atoms with Crippen molar-refractivity contribution in [2.75, 3.05) is 18.0 Å². The van der Waals surface area contributed by atoms with Gasteiger partial charge < -0.3 is 10.4 Å². The Balaban J connectivity index is 0.00000147. The smallest absolute Gasteiger partial charge is 0.225 e. The van der Waals surface area contributed by atoms with Crippen LogP contribution in [0, 0.1) is 5.92 Å². The maximum atomic E-state index is 10.0. The normalized spacial score (nSPS) is 25.1. The van der Waals surface area contributed by atoms with Gasteiger partial charge in [-0.25, -0.2) is 0 Å². The van der Waals surface area contributed by atoms with Crippen LogP contribution in [0.1, 0.15) is 12.8 Å². The highest BCUT2D eigenvalue weighted by molar-refractivity contribution is 9.10. The zero-order valence-corrected chi connectivity index (χ0v) is 13.3. The molecule has 20 heavy (non-hydrogen) atoms. The van der Waals surface area contributed by atoms with E-state index in [0.29, 0.717) is 5.92 Å². The molecule has 3 rings (SSSR count). The monoisotopic (exact) mass is 360 g/mol. The fourth-order valence-corrected chi connectivity index (χ4v) is 2.83. The van der Waals surface area contributed by atoms with Crippen LogP contribution in [0.15, 0.2) is 33.8 Å². The van der Waals surface area contributed by atoms with Crippen molar-refractivity contribution in [3.05, 3.63) is 28.7 Å². The van der Waals surface area contributed by atoms with Crippen LogP contribution in [-0.2, 0) is 0 Å². The molecule has 1 saturated heterocycles. The number of aliphatic hydroxyl groups excluding tert-OH is 1. The molecule has 5 nitrogen and oxygen atoms in total. The quantitative estimate of drug-likeness (QED) is 0.769. The number of rotatable bonds is 3. The van der Waals surface area contributed by atoms with Crippen molar-refractivity contribution >= 4 is 39.9 Å². The van der Waals surface area contributed by atoms with E-state index in [0.717, 1.165) is 35.5 Å². The van der Waals surface area contributed by atoms with Crippen LogP contribution in [0.25, 0.3) is 0 Å². The van der Waals surface area contributed by atoms with Gasteiger partial charge in [-0.3, -0.25) is 10.3 Å². The molecular weight excluding hydrogens is 344 g/mol. The van der Waals surface area contributed by atoms with E-state index in [4.69, 9.17) is 0 Å². The lowest BCUT2D eigenvalue weighted by Crippen LogP contribution is -2.40. The summed E-state index contributed by atoms with van der Waals surface area (Å²) in [6.07, 6.45) is 1.28. The Morgan fingerprint density at radius 1 is 1.35 bits per heavy atom. The Morgan fingerprint density at radius 3 is 2.75 bits per heavy atom. The zero-order chi connectivity index (χ0) is 13.2. The summed E-state index contributed by atoms with van der Waals surface area (Å²) in [5.74, 6) is 1.51. The molecule has 0 bridgehead atoms. The summed E-state index contributed by atoms with van der Waals surface area (Å²) < 4.78 is 1.02. The van der Waals surface area contributed by atoms with Gasteiger partial charge >= 0.3 is 0 Å². The van der Waals surface area contributed by atoms with Gasteiger partial charge in [-0.2, -0.15) is 5.10 Å². The number of aliphatic hydroxyl groups is 1. The average molecular weight is 362 g/mol.